The lowest BCUT2D eigenvalue weighted by atomic mass is 10.1. The summed E-state index contributed by atoms with van der Waals surface area (Å²) < 4.78 is 4.41. The van der Waals surface area contributed by atoms with Gasteiger partial charge in [0.05, 0.1) is 7.11 Å². The van der Waals surface area contributed by atoms with Crippen LogP contribution in [0.15, 0.2) is 0 Å². The smallest absolute Gasteiger partial charge is 0.405 e. The lowest BCUT2D eigenvalue weighted by Gasteiger charge is -2.17. The highest BCUT2D eigenvalue weighted by Gasteiger charge is 2.24. The van der Waals surface area contributed by atoms with Gasteiger partial charge in [-0.1, -0.05) is 13.8 Å². The van der Waals surface area contributed by atoms with Crippen molar-refractivity contribution >= 4 is 12.1 Å². The number of carboxylic acid groups (broad SMARTS) is 1. The van der Waals surface area contributed by atoms with Crippen LogP contribution in [-0.4, -0.2) is 30.3 Å². The molecule has 0 aliphatic heterocycles. The molecule has 5 nitrogen and oxygen atoms in total. The van der Waals surface area contributed by atoms with Crippen molar-refractivity contribution < 1.29 is 19.4 Å². The molecule has 1 amide bonds. The summed E-state index contributed by atoms with van der Waals surface area (Å²) in [7, 11) is 1.22. The zero-order valence-electron chi connectivity index (χ0n) is 7.33. The Morgan fingerprint density at radius 2 is 1.92 bits per heavy atom. The van der Waals surface area contributed by atoms with Crippen molar-refractivity contribution in [2.45, 2.75) is 19.9 Å². The normalized spacial score (nSPS) is 12.3. The molecule has 1 unspecified atom stereocenters. The summed E-state index contributed by atoms with van der Waals surface area (Å²) in [5, 5.41) is 10.4. The summed E-state index contributed by atoms with van der Waals surface area (Å²) in [5.74, 6) is -0.680. The van der Waals surface area contributed by atoms with E-state index in [1.807, 2.05) is 0 Å². The molecule has 0 aliphatic carbocycles. The van der Waals surface area contributed by atoms with Crippen molar-refractivity contribution in [2.24, 2.45) is 5.92 Å². The number of nitrogens with one attached hydrogen (secondary N) is 1. The lowest BCUT2D eigenvalue weighted by Crippen LogP contribution is -2.44. The third-order valence-electron chi connectivity index (χ3n) is 1.40. The largest absolute Gasteiger partial charge is 0.467 e. The average molecular weight is 175 g/mol. The SMILES string of the molecule is COC(=O)C(NC(=O)O)C(C)C. The van der Waals surface area contributed by atoms with Crippen LogP contribution in [0.3, 0.4) is 0 Å². The monoisotopic (exact) mass is 175 g/mol. The number of amides is 1. The molecule has 0 aromatic heterocycles. The molecule has 0 bridgehead atoms. The number of hydrogen-bond donors (Lipinski definition) is 2. The Balaban J connectivity index is 4.23. The van der Waals surface area contributed by atoms with Crippen molar-refractivity contribution in [3.8, 4) is 0 Å². The number of esters is 1. The Morgan fingerprint density at radius 3 is 2.17 bits per heavy atom. The lowest BCUT2D eigenvalue weighted by molar-refractivity contribution is -0.144. The fourth-order valence-electron chi connectivity index (χ4n) is 0.758. The highest BCUT2D eigenvalue weighted by atomic mass is 16.5. The molecule has 0 radical (unpaired) electrons. The first-order valence-electron chi connectivity index (χ1n) is 3.56. The Bertz CT molecular complexity index is 178. The molecule has 0 rings (SSSR count). The van der Waals surface area contributed by atoms with E-state index >= 15 is 0 Å². The molecule has 12 heavy (non-hydrogen) atoms. The van der Waals surface area contributed by atoms with Gasteiger partial charge in [0, 0.05) is 0 Å². The first-order valence-corrected chi connectivity index (χ1v) is 3.56. The second-order valence-electron chi connectivity index (χ2n) is 2.69. The molecular weight excluding hydrogens is 162 g/mol. The van der Waals surface area contributed by atoms with E-state index in [0.29, 0.717) is 0 Å². The predicted molar refractivity (Wildman–Crippen MR) is 41.8 cm³/mol. The summed E-state index contributed by atoms with van der Waals surface area (Å²) in [6.45, 7) is 3.47. The average Bonchev–Trinajstić information content (AvgIpc) is 1.98. The van der Waals surface area contributed by atoms with Crippen LogP contribution in [0, 0.1) is 5.92 Å². The maximum absolute atomic E-state index is 10.9. The maximum Gasteiger partial charge on any atom is 0.405 e. The van der Waals surface area contributed by atoms with Gasteiger partial charge in [-0.3, -0.25) is 0 Å². The number of hydrogen-bond acceptors (Lipinski definition) is 3. The Morgan fingerprint density at radius 1 is 1.42 bits per heavy atom. The van der Waals surface area contributed by atoms with Crippen molar-refractivity contribution in [3.63, 3.8) is 0 Å². The van der Waals surface area contributed by atoms with Crippen molar-refractivity contribution in [2.75, 3.05) is 7.11 Å². The zero-order valence-corrected chi connectivity index (χ0v) is 7.33. The minimum atomic E-state index is -1.22. The van der Waals surface area contributed by atoms with E-state index in [1.165, 1.54) is 7.11 Å². The molecule has 0 saturated heterocycles. The van der Waals surface area contributed by atoms with Gasteiger partial charge in [0.25, 0.3) is 0 Å². The highest BCUT2D eigenvalue weighted by molar-refractivity contribution is 5.80. The highest BCUT2D eigenvalue weighted by Crippen LogP contribution is 2.02. The molecule has 0 saturated carbocycles. The van der Waals surface area contributed by atoms with E-state index in [1.54, 1.807) is 13.8 Å². The van der Waals surface area contributed by atoms with Gasteiger partial charge in [-0.2, -0.15) is 0 Å². The molecule has 2 N–H and O–H groups in total. The molecule has 0 heterocycles. The van der Waals surface area contributed by atoms with Gasteiger partial charge < -0.3 is 15.2 Å². The minimum Gasteiger partial charge on any atom is -0.467 e. The molecule has 0 spiro atoms. The quantitative estimate of drug-likeness (QED) is 0.611. The maximum atomic E-state index is 10.9. The van der Waals surface area contributed by atoms with E-state index < -0.39 is 18.1 Å². The number of methoxy groups -OCH3 is 1. The van der Waals surface area contributed by atoms with Gasteiger partial charge in [0.1, 0.15) is 6.04 Å². The van der Waals surface area contributed by atoms with E-state index in [2.05, 4.69) is 10.1 Å². The number of carbonyl (C=O) groups is 2. The van der Waals surface area contributed by atoms with Crippen LogP contribution < -0.4 is 5.32 Å². The second kappa shape index (κ2) is 4.58. The van der Waals surface area contributed by atoms with Crippen molar-refractivity contribution in [1.29, 1.82) is 0 Å². The van der Waals surface area contributed by atoms with Crippen LogP contribution in [0.1, 0.15) is 13.8 Å². The first kappa shape index (κ1) is 10.7. The van der Waals surface area contributed by atoms with Crippen LogP contribution >= 0.6 is 0 Å². The van der Waals surface area contributed by atoms with Gasteiger partial charge in [-0.05, 0) is 5.92 Å². The van der Waals surface area contributed by atoms with Crippen LogP contribution in [0.25, 0.3) is 0 Å². The van der Waals surface area contributed by atoms with Crippen molar-refractivity contribution in [3.05, 3.63) is 0 Å². The summed E-state index contributed by atoms with van der Waals surface area (Å²) >= 11 is 0. The van der Waals surface area contributed by atoms with Crippen LogP contribution in [0.2, 0.25) is 0 Å². The third kappa shape index (κ3) is 3.23. The Kier molecular flexibility index (Phi) is 4.10. The molecule has 0 fully saturated rings. The standard InChI is InChI=1S/C7H13NO4/c1-4(2)5(6(9)12-3)8-7(10)11/h4-5,8H,1-3H3,(H,10,11). The topological polar surface area (TPSA) is 75.6 Å². The first-order chi connectivity index (χ1) is 5.49. The van der Waals surface area contributed by atoms with Gasteiger partial charge in [-0.15, -0.1) is 0 Å². The summed E-state index contributed by atoms with van der Waals surface area (Å²) in [6, 6.07) is -0.785. The Labute approximate surface area is 70.7 Å². The molecule has 0 aromatic rings. The van der Waals surface area contributed by atoms with Gasteiger partial charge in [-0.25, -0.2) is 9.59 Å². The summed E-state index contributed by atoms with van der Waals surface area (Å²) in [5.41, 5.74) is 0. The molecular formula is C7H13NO4. The van der Waals surface area contributed by atoms with Gasteiger partial charge in [0.15, 0.2) is 0 Å². The van der Waals surface area contributed by atoms with E-state index in [-0.39, 0.29) is 5.92 Å². The van der Waals surface area contributed by atoms with Crippen LogP contribution in [0.5, 0.6) is 0 Å². The fraction of sp³-hybridized carbons (Fsp3) is 0.714. The van der Waals surface area contributed by atoms with E-state index in [0.717, 1.165) is 0 Å². The number of rotatable bonds is 3. The number of ether oxygens (including phenoxy) is 1. The van der Waals surface area contributed by atoms with Crippen molar-refractivity contribution in [1.82, 2.24) is 5.32 Å². The van der Waals surface area contributed by atoms with Crippen LogP contribution in [0.4, 0.5) is 4.79 Å². The van der Waals surface area contributed by atoms with Gasteiger partial charge >= 0.3 is 12.1 Å². The second-order valence-corrected chi connectivity index (χ2v) is 2.69. The third-order valence-corrected chi connectivity index (χ3v) is 1.40. The van der Waals surface area contributed by atoms with Gasteiger partial charge in [0.2, 0.25) is 0 Å². The number of carbonyl (C=O) groups excluding carboxylic acids is 1. The predicted octanol–water partition coefficient (Wildman–Crippen LogP) is 0.452. The molecule has 0 aromatic carbocycles. The minimum absolute atomic E-state index is 0.117. The summed E-state index contributed by atoms with van der Waals surface area (Å²) in [4.78, 5) is 21.2. The fourth-order valence-corrected chi connectivity index (χ4v) is 0.758. The zero-order chi connectivity index (χ0) is 9.72. The summed E-state index contributed by atoms with van der Waals surface area (Å²) in [6.07, 6.45) is -1.22. The molecule has 70 valence electrons. The molecule has 0 aliphatic rings. The van der Waals surface area contributed by atoms with E-state index in [4.69, 9.17) is 5.11 Å². The Hall–Kier alpha value is -1.26. The molecule has 5 heteroatoms. The van der Waals surface area contributed by atoms with Crippen LogP contribution in [-0.2, 0) is 9.53 Å². The molecule has 1 atom stereocenters. The van der Waals surface area contributed by atoms with E-state index in [9.17, 15) is 9.59 Å².